The van der Waals surface area contributed by atoms with E-state index in [9.17, 15) is 13.2 Å². The van der Waals surface area contributed by atoms with Crippen LogP contribution in [0.1, 0.15) is 24.5 Å². The molecular formula is C17H25N3O3S. The predicted molar refractivity (Wildman–Crippen MR) is 92.3 cm³/mol. The number of carbonyl (C=O) groups is 1. The van der Waals surface area contributed by atoms with Crippen LogP contribution in [-0.4, -0.2) is 62.8 Å². The zero-order chi connectivity index (χ0) is 17.2. The van der Waals surface area contributed by atoms with Gasteiger partial charge in [-0.15, -0.1) is 0 Å². The molecule has 3 rings (SSSR count). The molecule has 2 aliphatic rings. The Bertz CT molecular complexity index is 710. The maximum absolute atomic E-state index is 12.8. The summed E-state index contributed by atoms with van der Waals surface area (Å²) in [6, 6.07) is 5.59. The third-order valence-corrected chi connectivity index (χ3v) is 6.74. The number of hydrogen-bond donors (Lipinski definition) is 1. The number of fused-ring (bicyclic) bond motifs is 1. The molecule has 1 N–H and O–H groups in total. The maximum Gasteiger partial charge on any atom is 0.243 e. The molecule has 1 aliphatic heterocycles. The Morgan fingerprint density at radius 3 is 2.54 bits per heavy atom. The fourth-order valence-electron chi connectivity index (χ4n) is 3.44. The Balaban J connectivity index is 1.60. The normalized spacial score (nSPS) is 19.2. The van der Waals surface area contributed by atoms with E-state index < -0.39 is 10.0 Å². The van der Waals surface area contributed by atoms with Gasteiger partial charge in [-0.3, -0.25) is 9.69 Å². The average Bonchev–Trinajstić information content (AvgIpc) is 3.02. The first-order valence-electron chi connectivity index (χ1n) is 8.55. The summed E-state index contributed by atoms with van der Waals surface area (Å²) in [5.74, 6) is -0.0344. The molecule has 132 valence electrons. The number of aryl methyl sites for hydroxylation is 2. The van der Waals surface area contributed by atoms with Crippen LogP contribution < -0.4 is 5.32 Å². The average molecular weight is 351 g/mol. The van der Waals surface area contributed by atoms with Crippen molar-refractivity contribution in [2.24, 2.45) is 0 Å². The molecule has 0 radical (unpaired) electrons. The number of nitrogens with one attached hydrogen (secondary N) is 1. The molecule has 0 aromatic heterocycles. The van der Waals surface area contributed by atoms with Crippen molar-refractivity contribution < 1.29 is 13.2 Å². The van der Waals surface area contributed by atoms with Crippen molar-refractivity contribution in [3.05, 3.63) is 29.3 Å². The van der Waals surface area contributed by atoms with Gasteiger partial charge in [-0.2, -0.15) is 4.31 Å². The van der Waals surface area contributed by atoms with Crippen molar-refractivity contribution >= 4 is 15.9 Å². The first-order valence-corrected chi connectivity index (χ1v) is 9.99. The van der Waals surface area contributed by atoms with Gasteiger partial charge in [0.25, 0.3) is 0 Å². The summed E-state index contributed by atoms with van der Waals surface area (Å²) in [5.41, 5.74) is 2.47. The third kappa shape index (κ3) is 3.79. The number of nitrogens with zero attached hydrogens (tertiary/aromatic N) is 2. The molecule has 6 nitrogen and oxygen atoms in total. The molecule has 1 saturated heterocycles. The predicted octanol–water partition coefficient (Wildman–Crippen LogP) is 0.618. The van der Waals surface area contributed by atoms with E-state index in [1.54, 1.807) is 10.4 Å². The first kappa shape index (κ1) is 17.4. The molecule has 0 spiro atoms. The highest BCUT2D eigenvalue weighted by atomic mass is 32.2. The Morgan fingerprint density at radius 1 is 1.12 bits per heavy atom. The van der Waals surface area contributed by atoms with Crippen molar-refractivity contribution in [2.75, 3.05) is 39.3 Å². The molecule has 0 unspecified atom stereocenters. The quantitative estimate of drug-likeness (QED) is 0.844. The van der Waals surface area contributed by atoms with Crippen LogP contribution in [0.5, 0.6) is 0 Å². The van der Waals surface area contributed by atoms with Crippen molar-refractivity contribution in [1.82, 2.24) is 14.5 Å². The monoisotopic (exact) mass is 351 g/mol. The lowest BCUT2D eigenvalue weighted by molar-refractivity contribution is -0.119. The van der Waals surface area contributed by atoms with E-state index in [1.165, 1.54) is 18.1 Å². The van der Waals surface area contributed by atoms with E-state index in [4.69, 9.17) is 0 Å². The van der Waals surface area contributed by atoms with Crippen LogP contribution in [0, 0.1) is 0 Å². The van der Waals surface area contributed by atoms with Gasteiger partial charge in [0.2, 0.25) is 15.9 Å². The molecular weight excluding hydrogens is 326 g/mol. The first-order chi connectivity index (χ1) is 11.5. The highest BCUT2D eigenvalue weighted by Crippen LogP contribution is 2.26. The number of amides is 1. The Hall–Kier alpha value is -1.44. The van der Waals surface area contributed by atoms with Gasteiger partial charge in [0.05, 0.1) is 4.90 Å². The minimum atomic E-state index is -3.40. The van der Waals surface area contributed by atoms with Crippen LogP contribution >= 0.6 is 0 Å². The van der Waals surface area contributed by atoms with Crippen LogP contribution in [0.2, 0.25) is 0 Å². The number of carbonyl (C=O) groups excluding carboxylic acids is 1. The number of rotatable bonds is 5. The van der Waals surface area contributed by atoms with Crippen molar-refractivity contribution in [3.8, 4) is 0 Å². The van der Waals surface area contributed by atoms with E-state index in [0.717, 1.165) is 25.8 Å². The van der Waals surface area contributed by atoms with Crippen LogP contribution in [0.4, 0.5) is 0 Å². The van der Waals surface area contributed by atoms with Crippen LogP contribution in [0.25, 0.3) is 0 Å². The number of benzene rings is 1. The van der Waals surface area contributed by atoms with Gasteiger partial charge in [-0.1, -0.05) is 6.07 Å². The SMILES string of the molecule is CC(=O)NCCN1CCN(S(=O)(=O)c2ccc3c(c2)CCC3)CC1. The van der Waals surface area contributed by atoms with Crippen molar-refractivity contribution in [1.29, 1.82) is 0 Å². The van der Waals surface area contributed by atoms with Gasteiger partial charge in [0.1, 0.15) is 0 Å². The second-order valence-electron chi connectivity index (χ2n) is 6.51. The van der Waals surface area contributed by atoms with E-state index in [2.05, 4.69) is 10.2 Å². The molecule has 1 aromatic carbocycles. The Labute approximate surface area is 143 Å². The zero-order valence-electron chi connectivity index (χ0n) is 14.1. The van der Waals surface area contributed by atoms with E-state index >= 15 is 0 Å². The van der Waals surface area contributed by atoms with Crippen LogP contribution in [0.15, 0.2) is 23.1 Å². The lowest BCUT2D eigenvalue weighted by Crippen LogP contribution is -2.50. The lowest BCUT2D eigenvalue weighted by Gasteiger charge is -2.34. The second kappa shape index (κ2) is 7.21. The minimum absolute atomic E-state index is 0.0344. The highest BCUT2D eigenvalue weighted by molar-refractivity contribution is 7.89. The van der Waals surface area contributed by atoms with Gasteiger partial charge in [0, 0.05) is 46.2 Å². The summed E-state index contributed by atoms with van der Waals surface area (Å²) in [5, 5.41) is 2.77. The summed E-state index contributed by atoms with van der Waals surface area (Å²) in [6.45, 7) is 5.26. The fraction of sp³-hybridized carbons (Fsp3) is 0.588. The summed E-state index contributed by atoms with van der Waals surface area (Å²) < 4.78 is 27.3. The van der Waals surface area contributed by atoms with E-state index in [0.29, 0.717) is 37.6 Å². The fourth-order valence-corrected chi connectivity index (χ4v) is 4.91. The number of hydrogen-bond acceptors (Lipinski definition) is 4. The molecule has 1 aromatic rings. The molecule has 1 amide bonds. The molecule has 24 heavy (non-hydrogen) atoms. The van der Waals surface area contributed by atoms with Crippen LogP contribution in [-0.2, 0) is 27.7 Å². The summed E-state index contributed by atoms with van der Waals surface area (Å²) >= 11 is 0. The summed E-state index contributed by atoms with van der Waals surface area (Å²) in [4.78, 5) is 13.5. The maximum atomic E-state index is 12.8. The van der Waals surface area contributed by atoms with Gasteiger partial charge in [-0.05, 0) is 42.5 Å². The van der Waals surface area contributed by atoms with Crippen LogP contribution in [0.3, 0.4) is 0 Å². The van der Waals surface area contributed by atoms with Crippen molar-refractivity contribution in [3.63, 3.8) is 0 Å². The van der Waals surface area contributed by atoms with Gasteiger partial charge in [-0.25, -0.2) is 8.42 Å². The smallest absolute Gasteiger partial charge is 0.243 e. The Kier molecular flexibility index (Phi) is 5.22. The second-order valence-corrected chi connectivity index (χ2v) is 8.45. The van der Waals surface area contributed by atoms with Gasteiger partial charge in [0.15, 0.2) is 0 Å². The molecule has 0 bridgehead atoms. The van der Waals surface area contributed by atoms with E-state index in [-0.39, 0.29) is 5.91 Å². The lowest BCUT2D eigenvalue weighted by atomic mass is 10.1. The molecule has 7 heteroatoms. The van der Waals surface area contributed by atoms with Gasteiger partial charge >= 0.3 is 0 Å². The molecule has 0 atom stereocenters. The topological polar surface area (TPSA) is 69.7 Å². The third-order valence-electron chi connectivity index (χ3n) is 4.84. The summed E-state index contributed by atoms with van der Waals surface area (Å²) in [6.07, 6.45) is 3.16. The number of piperazine rings is 1. The minimum Gasteiger partial charge on any atom is -0.355 e. The largest absolute Gasteiger partial charge is 0.355 e. The highest BCUT2D eigenvalue weighted by Gasteiger charge is 2.29. The standard InChI is InChI=1S/C17H25N3O3S/c1-14(21)18-7-8-19-9-11-20(12-10-19)24(22,23)17-6-5-15-3-2-4-16(15)13-17/h5-6,13H,2-4,7-12H2,1H3,(H,18,21). The van der Waals surface area contributed by atoms with Gasteiger partial charge < -0.3 is 5.32 Å². The molecule has 1 heterocycles. The van der Waals surface area contributed by atoms with Crippen molar-refractivity contribution in [2.45, 2.75) is 31.1 Å². The molecule has 0 saturated carbocycles. The molecule has 1 fully saturated rings. The summed E-state index contributed by atoms with van der Waals surface area (Å²) in [7, 11) is -3.40. The molecule has 1 aliphatic carbocycles. The number of sulfonamides is 1. The zero-order valence-corrected chi connectivity index (χ0v) is 14.9. The van der Waals surface area contributed by atoms with E-state index in [1.807, 2.05) is 12.1 Å². The Morgan fingerprint density at radius 2 is 1.83 bits per heavy atom.